The number of anilines is 1. The van der Waals surface area contributed by atoms with Gasteiger partial charge in [-0.3, -0.25) is 0 Å². The number of nitriles is 3. The summed E-state index contributed by atoms with van der Waals surface area (Å²) in [6.45, 7) is 1.53. The highest BCUT2D eigenvalue weighted by Crippen LogP contribution is 2.27. The molecule has 1 aromatic rings. The van der Waals surface area contributed by atoms with Crippen molar-refractivity contribution in [2.75, 3.05) is 5.32 Å². The van der Waals surface area contributed by atoms with Gasteiger partial charge in [-0.25, -0.2) is 0 Å². The standard InChI is InChI=1S/C13H7F3N4O/c1-8-2-10(4-11(3-8)21-13(14,15)16)20-12(7-19)9(5-17)6-18/h2-4,20H,1H3. The lowest BCUT2D eigenvalue weighted by Crippen LogP contribution is -2.17. The average molecular weight is 292 g/mol. The molecule has 21 heavy (non-hydrogen) atoms. The molecule has 0 spiro atoms. The predicted octanol–water partition coefficient (Wildman–Crippen LogP) is 3.13. The topological polar surface area (TPSA) is 92.6 Å². The summed E-state index contributed by atoms with van der Waals surface area (Å²) in [6.07, 6.45) is -4.84. The van der Waals surface area contributed by atoms with Gasteiger partial charge in [-0.1, -0.05) is 0 Å². The van der Waals surface area contributed by atoms with Crippen molar-refractivity contribution in [3.05, 3.63) is 35.0 Å². The Labute approximate surface area is 118 Å². The number of nitrogens with one attached hydrogen (secondary N) is 1. The molecule has 0 aliphatic rings. The van der Waals surface area contributed by atoms with E-state index in [9.17, 15) is 13.2 Å². The molecule has 0 amide bonds. The number of rotatable bonds is 3. The lowest BCUT2D eigenvalue weighted by Gasteiger charge is -2.12. The molecule has 106 valence electrons. The molecule has 1 N–H and O–H groups in total. The summed E-state index contributed by atoms with van der Waals surface area (Å²) in [7, 11) is 0. The van der Waals surface area contributed by atoms with Gasteiger partial charge >= 0.3 is 6.36 Å². The minimum absolute atomic E-state index is 0.0915. The van der Waals surface area contributed by atoms with Gasteiger partial charge in [0.1, 0.15) is 29.7 Å². The molecule has 0 radical (unpaired) electrons. The Hall–Kier alpha value is -3.18. The monoisotopic (exact) mass is 292 g/mol. The number of halogens is 3. The Balaban J connectivity index is 3.17. The van der Waals surface area contributed by atoms with E-state index in [1.54, 1.807) is 6.07 Å². The summed E-state index contributed by atoms with van der Waals surface area (Å²) < 4.78 is 40.3. The molecular formula is C13H7F3N4O. The number of aryl methyl sites for hydroxylation is 1. The van der Waals surface area contributed by atoms with E-state index in [0.717, 1.165) is 12.1 Å². The predicted molar refractivity (Wildman–Crippen MR) is 65.3 cm³/mol. The van der Waals surface area contributed by atoms with Gasteiger partial charge in [0.2, 0.25) is 0 Å². The second kappa shape index (κ2) is 6.31. The quantitative estimate of drug-likeness (QED) is 0.864. The molecule has 1 rings (SSSR count). The zero-order valence-corrected chi connectivity index (χ0v) is 10.6. The van der Waals surface area contributed by atoms with Gasteiger partial charge in [0.15, 0.2) is 5.57 Å². The minimum atomic E-state index is -4.84. The van der Waals surface area contributed by atoms with Gasteiger partial charge in [0.05, 0.1) is 0 Å². The highest BCUT2D eigenvalue weighted by atomic mass is 19.4. The number of allylic oxidation sites excluding steroid dienone is 2. The number of nitrogens with zero attached hydrogens (tertiary/aromatic N) is 3. The van der Waals surface area contributed by atoms with Crippen molar-refractivity contribution in [1.82, 2.24) is 0 Å². The zero-order chi connectivity index (χ0) is 16.0. The molecule has 0 bridgehead atoms. The Morgan fingerprint density at radius 2 is 1.71 bits per heavy atom. The normalized spacial score (nSPS) is 9.76. The fraction of sp³-hybridized carbons (Fsp3) is 0.154. The van der Waals surface area contributed by atoms with E-state index < -0.39 is 17.7 Å². The maximum absolute atomic E-state index is 12.2. The SMILES string of the molecule is Cc1cc(NC(C#N)=C(C#N)C#N)cc(OC(F)(F)F)c1. The van der Waals surface area contributed by atoms with Crippen molar-refractivity contribution in [3.8, 4) is 24.0 Å². The van der Waals surface area contributed by atoms with Gasteiger partial charge < -0.3 is 10.1 Å². The van der Waals surface area contributed by atoms with Crippen molar-refractivity contribution in [1.29, 1.82) is 15.8 Å². The molecule has 0 atom stereocenters. The molecular weight excluding hydrogens is 285 g/mol. The van der Waals surface area contributed by atoms with Crippen LogP contribution in [0.1, 0.15) is 5.56 Å². The van der Waals surface area contributed by atoms with Crippen LogP contribution in [0.3, 0.4) is 0 Å². The highest BCUT2D eigenvalue weighted by molar-refractivity contribution is 5.60. The molecule has 0 aliphatic carbocycles. The third-order valence-electron chi connectivity index (χ3n) is 2.14. The lowest BCUT2D eigenvalue weighted by atomic mass is 10.2. The molecule has 0 fully saturated rings. The molecule has 0 aliphatic heterocycles. The minimum Gasteiger partial charge on any atom is -0.406 e. The van der Waals surface area contributed by atoms with Crippen molar-refractivity contribution < 1.29 is 17.9 Å². The number of hydrogen-bond acceptors (Lipinski definition) is 5. The average Bonchev–Trinajstić information content (AvgIpc) is 2.36. The summed E-state index contributed by atoms with van der Waals surface area (Å²) in [5.41, 5.74) is -0.304. The van der Waals surface area contributed by atoms with E-state index in [4.69, 9.17) is 15.8 Å². The van der Waals surface area contributed by atoms with Crippen LogP contribution in [0.15, 0.2) is 29.5 Å². The fourth-order valence-corrected chi connectivity index (χ4v) is 1.44. The highest BCUT2D eigenvalue weighted by Gasteiger charge is 2.31. The maximum atomic E-state index is 12.2. The van der Waals surface area contributed by atoms with Crippen LogP contribution in [0.25, 0.3) is 0 Å². The molecule has 0 saturated heterocycles. The van der Waals surface area contributed by atoms with Gasteiger partial charge in [-0.2, -0.15) is 15.8 Å². The largest absolute Gasteiger partial charge is 0.573 e. The van der Waals surface area contributed by atoms with Crippen molar-refractivity contribution >= 4 is 5.69 Å². The van der Waals surface area contributed by atoms with E-state index in [2.05, 4.69) is 10.1 Å². The van der Waals surface area contributed by atoms with Crippen LogP contribution in [0.2, 0.25) is 0 Å². The van der Waals surface area contributed by atoms with Crippen LogP contribution in [0.5, 0.6) is 5.75 Å². The van der Waals surface area contributed by atoms with Gasteiger partial charge in [0, 0.05) is 11.8 Å². The van der Waals surface area contributed by atoms with Crippen molar-refractivity contribution in [3.63, 3.8) is 0 Å². The lowest BCUT2D eigenvalue weighted by molar-refractivity contribution is -0.274. The number of alkyl halides is 3. The third kappa shape index (κ3) is 4.77. The Morgan fingerprint density at radius 1 is 1.10 bits per heavy atom. The van der Waals surface area contributed by atoms with Gasteiger partial charge in [0.25, 0.3) is 0 Å². The van der Waals surface area contributed by atoms with Crippen LogP contribution in [-0.4, -0.2) is 6.36 Å². The number of hydrogen-bond donors (Lipinski definition) is 1. The number of ether oxygens (including phenoxy) is 1. The molecule has 0 heterocycles. The zero-order valence-electron chi connectivity index (χ0n) is 10.6. The maximum Gasteiger partial charge on any atom is 0.573 e. The first kappa shape index (κ1) is 15.9. The van der Waals surface area contributed by atoms with Crippen LogP contribution < -0.4 is 10.1 Å². The number of benzene rings is 1. The summed E-state index contributed by atoms with van der Waals surface area (Å²) in [5.74, 6) is -0.474. The van der Waals surface area contributed by atoms with E-state index in [-0.39, 0.29) is 11.4 Å². The first-order valence-electron chi connectivity index (χ1n) is 5.38. The van der Waals surface area contributed by atoms with Crippen LogP contribution >= 0.6 is 0 Å². The Kier molecular flexibility index (Phi) is 4.77. The second-order valence-electron chi connectivity index (χ2n) is 3.79. The van der Waals surface area contributed by atoms with Crippen LogP contribution in [-0.2, 0) is 0 Å². The first-order valence-corrected chi connectivity index (χ1v) is 5.38. The van der Waals surface area contributed by atoms with E-state index >= 15 is 0 Å². The van der Waals surface area contributed by atoms with Gasteiger partial charge in [-0.15, -0.1) is 13.2 Å². The molecule has 0 aromatic heterocycles. The van der Waals surface area contributed by atoms with Crippen LogP contribution in [0.4, 0.5) is 18.9 Å². The summed E-state index contributed by atoms with van der Waals surface area (Å²) >= 11 is 0. The van der Waals surface area contributed by atoms with Crippen molar-refractivity contribution in [2.45, 2.75) is 13.3 Å². The fourth-order valence-electron chi connectivity index (χ4n) is 1.44. The first-order chi connectivity index (χ1) is 9.78. The third-order valence-corrected chi connectivity index (χ3v) is 2.14. The van der Waals surface area contributed by atoms with E-state index in [0.29, 0.717) is 5.56 Å². The van der Waals surface area contributed by atoms with E-state index in [1.807, 2.05) is 0 Å². The van der Waals surface area contributed by atoms with E-state index in [1.165, 1.54) is 25.1 Å². The van der Waals surface area contributed by atoms with Crippen LogP contribution in [0, 0.1) is 40.9 Å². The molecule has 0 saturated carbocycles. The second-order valence-corrected chi connectivity index (χ2v) is 3.79. The smallest absolute Gasteiger partial charge is 0.406 e. The van der Waals surface area contributed by atoms with Gasteiger partial charge in [-0.05, 0) is 24.6 Å². The molecule has 1 aromatic carbocycles. The summed E-state index contributed by atoms with van der Waals surface area (Å²) in [6, 6.07) is 8.22. The Bertz CT molecular complexity index is 686. The molecule has 0 unspecified atom stereocenters. The molecule has 8 heteroatoms. The Morgan fingerprint density at radius 3 is 2.19 bits per heavy atom. The molecule has 5 nitrogen and oxygen atoms in total. The van der Waals surface area contributed by atoms with Crippen molar-refractivity contribution in [2.24, 2.45) is 0 Å². The summed E-state index contributed by atoms with van der Waals surface area (Å²) in [4.78, 5) is 0. The summed E-state index contributed by atoms with van der Waals surface area (Å²) in [5, 5.41) is 28.6.